The van der Waals surface area contributed by atoms with E-state index in [1.54, 1.807) is 7.05 Å². The summed E-state index contributed by atoms with van der Waals surface area (Å²) in [5.74, 6) is 0.723. The van der Waals surface area contributed by atoms with Crippen molar-refractivity contribution in [3.63, 3.8) is 0 Å². The molecule has 158 valence electrons. The quantitative estimate of drug-likeness (QED) is 0.398. The van der Waals surface area contributed by atoms with E-state index in [1.165, 1.54) is 11.1 Å². The van der Waals surface area contributed by atoms with Gasteiger partial charge in [-0.05, 0) is 25.0 Å². The largest absolute Gasteiger partial charge is 0.396 e. The van der Waals surface area contributed by atoms with E-state index in [4.69, 9.17) is 5.10 Å². The zero-order valence-corrected chi connectivity index (χ0v) is 18.0. The molecule has 0 radical (unpaired) electrons. The fourth-order valence-electron chi connectivity index (χ4n) is 3.53. The van der Waals surface area contributed by atoms with E-state index < -0.39 is 0 Å². The lowest BCUT2D eigenvalue weighted by Crippen LogP contribution is -2.39. The summed E-state index contributed by atoms with van der Waals surface area (Å²) in [7, 11) is 1.75. The summed E-state index contributed by atoms with van der Waals surface area (Å²) in [6.07, 6.45) is 0. The van der Waals surface area contributed by atoms with E-state index in [1.807, 2.05) is 55.5 Å². The Morgan fingerprint density at radius 3 is 2.33 bits per heavy atom. The molecule has 0 aliphatic carbocycles. The van der Waals surface area contributed by atoms with Gasteiger partial charge >= 0.3 is 0 Å². The molecule has 3 aromatic rings. The topological polar surface area (TPSA) is 74.5 Å². The van der Waals surface area contributed by atoms with Crippen LogP contribution in [0.15, 0.2) is 65.7 Å². The van der Waals surface area contributed by atoms with Crippen molar-refractivity contribution < 1.29 is 5.11 Å². The van der Waals surface area contributed by atoms with Gasteiger partial charge in [0.15, 0.2) is 5.96 Å². The first-order chi connectivity index (χ1) is 14.6. The number of guanidine groups is 1. The van der Waals surface area contributed by atoms with Gasteiger partial charge in [-0.1, -0.05) is 60.7 Å². The van der Waals surface area contributed by atoms with Crippen molar-refractivity contribution in [3.05, 3.63) is 88.7 Å². The second-order valence-electron chi connectivity index (χ2n) is 7.39. The van der Waals surface area contributed by atoms with Gasteiger partial charge in [-0.15, -0.1) is 0 Å². The Hall–Kier alpha value is -3.12. The number of rotatable bonds is 8. The summed E-state index contributed by atoms with van der Waals surface area (Å²) in [6.45, 7) is 6.23. The smallest absolute Gasteiger partial charge is 0.191 e. The Morgan fingerprint density at radius 2 is 1.70 bits per heavy atom. The Bertz CT molecular complexity index is 950. The van der Waals surface area contributed by atoms with Gasteiger partial charge in [-0.2, -0.15) is 5.10 Å². The van der Waals surface area contributed by atoms with Gasteiger partial charge in [-0.3, -0.25) is 9.67 Å². The maximum atomic E-state index is 9.76. The fourth-order valence-corrected chi connectivity index (χ4v) is 3.53. The van der Waals surface area contributed by atoms with Gasteiger partial charge in [-0.25, -0.2) is 0 Å². The van der Waals surface area contributed by atoms with Crippen LogP contribution in [0.4, 0.5) is 0 Å². The van der Waals surface area contributed by atoms with Crippen LogP contribution in [0.1, 0.15) is 34.0 Å². The van der Waals surface area contributed by atoms with Crippen molar-refractivity contribution in [2.45, 2.75) is 32.9 Å². The Labute approximate surface area is 178 Å². The second kappa shape index (κ2) is 10.6. The average molecular weight is 406 g/mol. The normalized spacial score (nSPS) is 12.6. The maximum absolute atomic E-state index is 9.76. The molecule has 0 fully saturated rings. The first-order valence-corrected chi connectivity index (χ1v) is 10.3. The molecule has 1 atom stereocenters. The van der Waals surface area contributed by atoms with Crippen molar-refractivity contribution >= 4 is 5.96 Å². The third-order valence-electron chi connectivity index (χ3n) is 5.37. The van der Waals surface area contributed by atoms with Crippen LogP contribution in [-0.4, -0.2) is 41.0 Å². The number of nitrogens with one attached hydrogen (secondary N) is 2. The van der Waals surface area contributed by atoms with Gasteiger partial charge in [0.05, 0.1) is 18.8 Å². The number of aliphatic hydroxyl groups excluding tert-OH is 1. The van der Waals surface area contributed by atoms with Crippen LogP contribution in [0.25, 0.3) is 0 Å². The van der Waals surface area contributed by atoms with Crippen LogP contribution in [0, 0.1) is 13.8 Å². The Balaban J connectivity index is 1.59. The molecule has 1 aromatic heterocycles. The molecule has 0 aliphatic heterocycles. The number of aryl methyl sites for hydroxylation is 1. The summed E-state index contributed by atoms with van der Waals surface area (Å²) < 4.78 is 2.05. The van der Waals surface area contributed by atoms with Crippen molar-refractivity contribution in [1.29, 1.82) is 0 Å². The van der Waals surface area contributed by atoms with Crippen LogP contribution in [0.2, 0.25) is 0 Å². The van der Waals surface area contributed by atoms with Crippen molar-refractivity contribution in [1.82, 2.24) is 20.4 Å². The maximum Gasteiger partial charge on any atom is 0.191 e. The zero-order valence-electron chi connectivity index (χ0n) is 18.0. The minimum atomic E-state index is 0.0156. The molecule has 30 heavy (non-hydrogen) atoms. The highest BCUT2D eigenvalue weighted by molar-refractivity contribution is 5.79. The standard InChI is InChI=1S/C24H31N5O/c1-18-23(19(2)29(28-18)16-20-10-6-4-7-11-20)15-27-24(25-3)26-14-22(17-30)21-12-8-5-9-13-21/h4-13,22,30H,14-17H2,1-3H3,(H2,25,26,27). The summed E-state index contributed by atoms with van der Waals surface area (Å²) >= 11 is 0. The van der Waals surface area contributed by atoms with Gasteiger partial charge in [0.1, 0.15) is 0 Å². The molecule has 6 heteroatoms. The number of nitrogens with zero attached hydrogens (tertiary/aromatic N) is 3. The van der Waals surface area contributed by atoms with E-state index >= 15 is 0 Å². The lowest BCUT2D eigenvalue weighted by Gasteiger charge is -2.18. The fraction of sp³-hybridized carbons (Fsp3) is 0.333. The number of benzene rings is 2. The van der Waals surface area contributed by atoms with E-state index in [-0.39, 0.29) is 12.5 Å². The average Bonchev–Trinajstić information content (AvgIpc) is 3.04. The molecule has 0 spiro atoms. The number of aliphatic imine (C=N–C) groups is 1. The molecular formula is C24H31N5O. The molecule has 0 saturated heterocycles. The van der Waals surface area contributed by atoms with E-state index in [2.05, 4.69) is 39.4 Å². The third-order valence-corrected chi connectivity index (χ3v) is 5.37. The monoisotopic (exact) mass is 405 g/mol. The number of aliphatic hydroxyl groups is 1. The Kier molecular flexibility index (Phi) is 7.63. The minimum Gasteiger partial charge on any atom is -0.396 e. The molecule has 6 nitrogen and oxygen atoms in total. The highest BCUT2D eigenvalue weighted by Crippen LogP contribution is 2.15. The van der Waals surface area contributed by atoms with Crippen molar-refractivity contribution in [3.8, 4) is 0 Å². The zero-order chi connectivity index (χ0) is 21.3. The molecule has 2 aromatic carbocycles. The molecule has 0 bridgehead atoms. The molecule has 0 aliphatic rings. The van der Waals surface area contributed by atoms with E-state index in [9.17, 15) is 5.11 Å². The molecular weight excluding hydrogens is 374 g/mol. The van der Waals surface area contributed by atoms with Gasteiger partial charge in [0, 0.05) is 37.3 Å². The summed E-state index contributed by atoms with van der Waals surface area (Å²) in [5, 5.41) is 21.2. The lowest BCUT2D eigenvalue weighted by atomic mass is 10.0. The summed E-state index contributed by atoms with van der Waals surface area (Å²) in [6, 6.07) is 20.4. The SMILES string of the molecule is CN=C(NCc1c(C)nn(Cc2ccccc2)c1C)NCC(CO)c1ccccc1. The van der Waals surface area contributed by atoms with Gasteiger partial charge in [0.25, 0.3) is 0 Å². The molecule has 3 N–H and O–H groups in total. The molecule has 0 amide bonds. The first kappa shape index (κ1) is 21.6. The highest BCUT2D eigenvalue weighted by atomic mass is 16.3. The van der Waals surface area contributed by atoms with Gasteiger partial charge < -0.3 is 15.7 Å². The molecule has 1 unspecified atom stereocenters. The number of aromatic nitrogens is 2. The predicted octanol–water partition coefficient (Wildman–Crippen LogP) is 2.99. The van der Waals surface area contributed by atoms with Crippen LogP contribution in [0.5, 0.6) is 0 Å². The molecule has 0 saturated carbocycles. The summed E-state index contributed by atoms with van der Waals surface area (Å²) in [5.41, 5.74) is 5.68. The lowest BCUT2D eigenvalue weighted by molar-refractivity contribution is 0.265. The molecule has 1 heterocycles. The highest BCUT2D eigenvalue weighted by Gasteiger charge is 2.14. The van der Waals surface area contributed by atoms with Crippen molar-refractivity contribution in [2.75, 3.05) is 20.2 Å². The number of hydrogen-bond donors (Lipinski definition) is 3. The van der Waals surface area contributed by atoms with Gasteiger partial charge in [0.2, 0.25) is 0 Å². The van der Waals surface area contributed by atoms with Crippen LogP contribution < -0.4 is 10.6 Å². The van der Waals surface area contributed by atoms with E-state index in [0.717, 1.165) is 23.5 Å². The van der Waals surface area contributed by atoms with E-state index in [0.29, 0.717) is 19.0 Å². The second-order valence-corrected chi connectivity index (χ2v) is 7.39. The van der Waals surface area contributed by atoms with Crippen LogP contribution in [0.3, 0.4) is 0 Å². The first-order valence-electron chi connectivity index (χ1n) is 10.3. The molecule has 3 rings (SSSR count). The third kappa shape index (κ3) is 5.48. The van der Waals surface area contributed by atoms with Crippen LogP contribution >= 0.6 is 0 Å². The summed E-state index contributed by atoms with van der Waals surface area (Å²) in [4.78, 5) is 4.32. The van der Waals surface area contributed by atoms with Crippen LogP contribution in [-0.2, 0) is 13.1 Å². The predicted molar refractivity (Wildman–Crippen MR) is 122 cm³/mol. The van der Waals surface area contributed by atoms with Crippen molar-refractivity contribution in [2.24, 2.45) is 4.99 Å². The minimum absolute atomic E-state index is 0.0156. The Morgan fingerprint density at radius 1 is 1.03 bits per heavy atom. The number of hydrogen-bond acceptors (Lipinski definition) is 3.